The molecule has 2 heterocycles. The lowest BCUT2D eigenvalue weighted by Gasteiger charge is -2.07. The largest absolute Gasteiger partial charge is 0.362 e. The highest BCUT2D eigenvalue weighted by Crippen LogP contribution is 2.25. The molecule has 0 saturated carbocycles. The molecule has 3 aromatic rings. The highest BCUT2D eigenvalue weighted by Gasteiger charge is 2.25. The molecule has 0 radical (unpaired) electrons. The molecule has 3 N–H and O–H groups in total. The Labute approximate surface area is 162 Å². The Balaban J connectivity index is 1.74. The van der Waals surface area contributed by atoms with Gasteiger partial charge in [0.1, 0.15) is 0 Å². The summed E-state index contributed by atoms with van der Waals surface area (Å²) in [7, 11) is -3.92. The van der Waals surface area contributed by atoms with Crippen molar-refractivity contribution in [3.8, 4) is 0 Å². The van der Waals surface area contributed by atoms with Crippen LogP contribution < -0.4 is 10.0 Å². The number of aromatic amines is 1. The molecule has 14 heteroatoms. The first-order valence-corrected chi connectivity index (χ1v) is 9.23. The number of sulfonamides is 1. The second-order valence-corrected chi connectivity index (χ2v) is 7.21. The fourth-order valence-corrected chi connectivity index (χ4v) is 3.23. The van der Waals surface area contributed by atoms with Crippen molar-refractivity contribution in [1.82, 2.24) is 20.2 Å². The number of carbonyl (C=O) groups excluding carboxylic acids is 1. The number of nitrogens with one attached hydrogen (secondary N) is 3. The maximum Gasteiger partial charge on any atom is 0.362 e. The summed E-state index contributed by atoms with van der Waals surface area (Å²) in [6, 6.07) is 6.68. The number of anilines is 2. The maximum absolute atomic E-state index is 12.3. The van der Waals surface area contributed by atoms with Gasteiger partial charge >= 0.3 is 5.82 Å². The van der Waals surface area contributed by atoms with Crippen LogP contribution in [0.4, 0.5) is 17.5 Å². The number of hydrogen-bond donors (Lipinski definition) is 3. The average molecular weight is 424 g/mol. The number of H-pyrrole nitrogens is 1. The standard InChI is InChI=1S/C14H10ClN7O5S/c15-10-11(19-20-12(10)22(24)25)13(23)18-8-2-4-9(5-3-8)28(26,27)21-14-16-6-1-7-17-14/h1-7H,(H,18,23)(H,19,20)(H,16,17,21). The van der Waals surface area contributed by atoms with E-state index in [1.165, 1.54) is 42.7 Å². The van der Waals surface area contributed by atoms with Crippen molar-refractivity contribution < 1.29 is 18.1 Å². The van der Waals surface area contributed by atoms with E-state index in [0.717, 1.165) is 0 Å². The number of carbonyl (C=O) groups is 1. The van der Waals surface area contributed by atoms with Gasteiger partial charge in [-0.1, -0.05) is 16.7 Å². The minimum atomic E-state index is -3.92. The van der Waals surface area contributed by atoms with Crippen molar-refractivity contribution in [2.45, 2.75) is 4.90 Å². The summed E-state index contributed by atoms with van der Waals surface area (Å²) in [4.78, 5) is 29.5. The van der Waals surface area contributed by atoms with Gasteiger partial charge in [-0.3, -0.25) is 4.79 Å². The molecule has 0 spiro atoms. The zero-order valence-electron chi connectivity index (χ0n) is 13.7. The molecule has 144 valence electrons. The van der Waals surface area contributed by atoms with Gasteiger partial charge in [-0.05, 0) is 35.3 Å². The summed E-state index contributed by atoms with van der Waals surface area (Å²) in [6.45, 7) is 0. The van der Waals surface area contributed by atoms with Gasteiger partial charge in [0.2, 0.25) is 5.95 Å². The third-order valence-corrected chi connectivity index (χ3v) is 5.00. The van der Waals surface area contributed by atoms with Crippen LogP contribution in [0.3, 0.4) is 0 Å². The molecule has 2 aromatic heterocycles. The number of aromatic nitrogens is 4. The molecule has 0 aliphatic rings. The fraction of sp³-hybridized carbons (Fsp3) is 0. The number of nitrogens with zero attached hydrogens (tertiary/aromatic N) is 4. The Bertz CT molecular complexity index is 1130. The summed E-state index contributed by atoms with van der Waals surface area (Å²) in [5.74, 6) is -1.50. The first-order chi connectivity index (χ1) is 13.3. The van der Waals surface area contributed by atoms with Crippen LogP contribution in [-0.2, 0) is 10.0 Å². The predicted molar refractivity (Wildman–Crippen MR) is 97.5 cm³/mol. The number of amides is 1. The van der Waals surface area contributed by atoms with E-state index in [1.807, 2.05) is 0 Å². The number of rotatable bonds is 6. The van der Waals surface area contributed by atoms with Crippen molar-refractivity contribution in [3.63, 3.8) is 0 Å². The zero-order chi connectivity index (χ0) is 20.3. The minimum absolute atomic E-state index is 0.0883. The third-order valence-electron chi connectivity index (χ3n) is 3.30. The molecule has 3 rings (SSSR count). The molecule has 12 nitrogen and oxygen atoms in total. The lowest BCUT2D eigenvalue weighted by molar-refractivity contribution is -0.389. The lowest BCUT2D eigenvalue weighted by atomic mass is 10.3. The van der Waals surface area contributed by atoms with Crippen molar-refractivity contribution >= 4 is 45.0 Å². The van der Waals surface area contributed by atoms with Gasteiger partial charge in [0.15, 0.2) is 10.7 Å². The molecule has 0 aliphatic heterocycles. The number of hydrogen-bond acceptors (Lipinski definition) is 8. The summed E-state index contributed by atoms with van der Waals surface area (Å²) < 4.78 is 26.8. The minimum Gasteiger partial charge on any atom is -0.358 e. The molecule has 0 aliphatic carbocycles. The molecule has 0 atom stereocenters. The lowest BCUT2D eigenvalue weighted by Crippen LogP contribution is -2.15. The Morgan fingerprint density at radius 3 is 2.39 bits per heavy atom. The van der Waals surface area contributed by atoms with Gasteiger partial charge in [-0.2, -0.15) is 0 Å². The molecular formula is C14H10ClN7O5S. The van der Waals surface area contributed by atoms with Crippen LogP contribution in [-0.4, -0.2) is 39.4 Å². The van der Waals surface area contributed by atoms with Gasteiger partial charge in [0.25, 0.3) is 15.9 Å². The van der Waals surface area contributed by atoms with Crippen molar-refractivity contribution in [3.05, 3.63) is 63.6 Å². The van der Waals surface area contributed by atoms with Crippen LogP contribution in [0.5, 0.6) is 0 Å². The van der Waals surface area contributed by atoms with Crippen LogP contribution in [0.1, 0.15) is 10.5 Å². The second kappa shape index (κ2) is 7.58. The second-order valence-electron chi connectivity index (χ2n) is 5.15. The van der Waals surface area contributed by atoms with Gasteiger partial charge in [0, 0.05) is 18.1 Å². The first kappa shape index (κ1) is 19.2. The van der Waals surface area contributed by atoms with Crippen molar-refractivity contribution in [2.24, 2.45) is 0 Å². The monoisotopic (exact) mass is 423 g/mol. The molecule has 1 amide bonds. The predicted octanol–water partition coefficient (Wildman–Crippen LogP) is 1.81. The van der Waals surface area contributed by atoms with Crippen molar-refractivity contribution in [2.75, 3.05) is 10.0 Å². The van der Waals surface area contributed by atoms with Crippen LogP contribution in [0.15, 0.2) is 47.6 Å². The highest BCUT2D eigenvalue weighted by atomic mass is 35.5. The molecule has 0 bridgehead atoms. The fourth-order valence-electron chi connectivity index (χ4n) is 2.03. The summed E-state index contributed by atoms with van der Waals surface area (Å²) in [6.07, 6.45) is 2.77. The summed E-state index contributed by atoms with van der Waals surface area (Å²) >= 11 is 5.75. The molecule has 28 heavy (non-hydrogen) atoms. The van der Waals surface area contributed by atoms with E-state index in [9.17, 15) is 23.3 Å². The van der Waals surface area contributed by atoms with Gasteiger partial charge in [-0.25, -0.2) is 23.1 Å². The number of benzene rings is 1. The zero-order valence-corrected chi connectivity index (χ0v) is 15.2. The van der Waals surface area contributed by atoms with Crippen LogP contribution >= 0.6 is 11.6 Å². The molecule has 0 unspecified atom stereocenters. The first-order valence-electron chi connectivity index (χ1n) is 7.37. The van der Waals surface area contributed by atoms with Gasteiger partial charge in [0.05, 0.1) is 4.90 Å². The van der Waals surface area contributed by atoms with Crippen LogP contribution in [0.2, 0.25) is 5.02 Å². The number of nitro groups is 1. The third kappa shape index (κ3) is 4.05. The average Bonchev–Trinajstić information content (AvgIpc) is 3.04. The Morgan fingerprint density at radius 2 is 1.82 bits per heavy atom. The SMILES string of the molecule is O=C(Nc1ccc(S(=O)(=O)Nc2ncccn2)cc1)c1n[nH]c([N+](=O)[O-])c1Cl. The normalized spacial score (nSPS) is 11.0. The summed E-state index contributed by atoms with van der Waals surface area (Å²) in [5, 5.41) is 18.3. The molecule has 0 saturated heterocycles. The van der Waals surface area contributed by atoms with E-state index in [4.69, 9.17) is 11.6 Å². The number of halogens is 1. The van der Waals surface area contributed by atoms with Gasteiger partial charge < -0.3 is 15.4 Å². The maximum atomic E-state index is 12.3. The van der Waals surface area contributed by atoms with Crippen LogP contribution in [0, 0.1) is 10.1 Å². The molecule has 0 fully saturated rings. The van der Waals surface area contributed by atoms with E-state index in [0.29, 0.717) is 0 Å². The van der Waals surface area contributed by atoms with Crippen molar-refractivity contribution in [1.29, 1.82) is 0 Å². The Kier molecular flexibility index (Phi) is 5.19. The van der Waals surface area contributed by atoms with E-state index in [1.54, 1.807) is 0 Å². The molecular weight excluding hydrogens is 414 g/mol. The topological polar surface area (TPSA) is 173 Å². The quantitative estimate of drug-likeness (QED) is 0.397. The smallest absolute Gasteiger partial charge is 0.358 e. The highest BCUT2D eigenvalue weighted by molar-refractivity contribution is 7.92. The summed E-state index contributed by atoms with van der Waals surface area (Å²) in [5.41, 5.74) is -0.144. The van der Waals surface area contributed by atoms with E-state index >= 15 is 0 Å². The Morgan fingerprint density at radius 1 is 1.18 bits per heavy atom. The van der Waals surface area contributed by atoms with Crippen LogP contribution in [0.25, 0.3) is 0 Å². The van der Waals surface area contributed by atoms with E-state index in [2.05, 4.69) is 30.2 Å². The Hall–Kier alpha value is -3.58. The van der Waals surface area contributed by atoms with E-state index < -0.39 is 31.7 Å². The van der Waals surface area contributed by atoms with Gasteiger partial charge in [-0.15, -0.1) is 5.10 Å². The molecule has 1 aromatic carbocycles. The van der Waals surface area contributed by atoms with E-state index in [-0.39, 0.29) is 22.2 Å².